The fraction of sp³-hybridized carbons (Fsp3) is 0.283. The normalized spacial score (nSPS) is 16.4. The van der Waals surface area contributed by atoms with Gasteiger partial charge < -0.3 is 36.3 Å². The minimum Gasteiger partial charge on any atom is -0.397 e. The first kappa shape index (κ1) is 41.2. The van der Waals surface area contributed by atoms with Crippen LogP contribution in [0.2, 0.25) is 0 Å². The molecule has 6 N–H and O–H groups in total. The van der Waals surface area contributed by atoms with E-state index in [1.807, 2.05) is 84.9 Å². The summed E-state index contributed by atoms with van der Waals surface area (Å²) in [5, 5.41) is 18.2. The SMILES string of the molecule is CC(=O)Nc1ccc(SC[C@H]2C[C@@H](c3ccc(CO)cc3)O[C@@H](c3ccc(-c4cccc(CNC(=O)CCCCCC(=O)Nc5ccccc5N)c4)cc3)O2)cc1. The molecule has 0 bridgehead atoms. The first-order chi connectivity index (χ1) is 27.7. The Balaban J connectivity index is 1.01. The number of aliphatic hydroxyl groups excluding tert-OH is 1. The molecule has 1 fully saturated rings. The summed E-state index contributed by atoms with van der Waals surface area (Å²) < 4.78 is 13.1. The maximum Gasteiger partial charge on any atom is 0.224 e. The summed E-state index contributed by atoms with van der Waals surface area (Å²) in [4.78, 5) is 37.4. The van der Waals surface area contributed by atoms with E-state index in [4.69, 9.17) is 15.2 Å². The maximum atomic E-state index is 12.6. The second kappa shape index (κ2) is 20.6. The van der Waals surface area contributed by atoms with Crippen LogP contribution >= 0.6 is 11.8 Å². The van der Waals surface area contributed by atoms with E-state index in [2.05, 4.69) is 40.2 Å². The lowest BCUT2D eigenvalue weighted by molar-refractivity contribution is -0.245. The van der Waals surface area contributed by atoms with Crippen LogP contribution in [0, 0.1) is 0 Å². The number of amides is 3. The van der Waals surface area contributed by atoms with E-state index in [0.29, 0.717) is 50.0 Å². The van der Waals surface area contributed by atoms with E-state index in [0.717, 1.165) is 56.1 Å². The monoisotopic (exact) mass is 786 g/mol. The van der Waals surface area contributed by atoms with Gasteiger partial charge in [0.25, 0.3) is 0 Å². The van der Waals surface area contributed by atoms with Gasteiger partial charge >= 0.3 is 0 Å². The number of unbranched alkanes of at least 4 members (excludes halogenated alkanes) is 2. The summed E-state index contributed by atoms with van der Waals surface area (Å²) in [7, 11) is 0. The molecule has 3 amide bonds. The van der Waals surface area contributed by atoms with Gasteiger partial charge in [-0.3, -0.25) is 14.4 Å². The van der Waals surface area contributed by atoms with Gasteiger partial charge in [-0.15, -0.1) is 11.8 Å². The van der Waals surface area contributed by atoms with Gasteiger partial charge in [0, 0.05) is 54.6 Å². The van der Waals surface area contributed by atoms with Crippen LogP contribution in [0.5, 0.6) is 0 Å². The van der Waals surface area contributed by atoms with Crippen molar-refractivity contribution < 1.29 is 29.0 Å². The van der Waals surface area contributed by atoms with Crippen LogP contribution in [0.4, 0.5) is 17.1 Å². The molecule has 5 aromatic rings. The van der Waals surface area contributed by atoms with Gasteiger partial charge in [0.05, 0.1) is 30.2 Å². The molecule has 3 atom stereocenters. The number of hydrogen-bond acceptors (Lipinski definition) is 8. The van der Waals surface area contributed by atoms with Gasteiger partial charge in [0.15, 0.2) is 6.29 Å². The van der Waals surface area contributed by atoms with Crippen molar-refractivity contribution >= 4 is 46.5 Å². The molecule has 0 saturated carbocycles. The maximum absolute atomic E-state index is 12.6. The van der Waals surface area contributed by atoms with Crippen molar-refractivity contribution in [2.45, 2.75) is 82.0 Å². The largest absolute Gasteiger partial charge is 0.397 e. The zero-order valence-electron chi connectivity index (χ0n) is 32.1. The quantitative estimate of drug-likeness (QED) is 0.0356. The lowest BCUT2D eigenvalue weighted by Gasteiger charge is -2.36. The van der Waals surface area contributed by atoms with Crippen LogP contribution in [0.1, 0.15) is 80.1 Å². The summed E-state index contributed by atoms with van der Waals surface area (Å²) in [5.74, 6) is 0.517. The fourth-order valence-corrected chi connectivity index (χ4v) is 7.53. The molecular weight excluding hydrogens is 737 g/mol. The first-order valence-electron chi connectivity index (χ1n) is 19.3. The molecule has 57 heavy (non-hydrogen) atoms. The number of carbonyl (C=O) groups excluding carboxylic acids is 3. The lowest BCUT2D eigenvalue weighted by Crippen LogP contribution is -2.31. The predicted molar refractivity (Wildman–Crippen MR) is 226 cm³/mol. The number of anilines is 3. The number of carbonyl (C=O) groups is 3. The van der Waals surface area contributed by atoms with E-state index >= 15 is 0 Å². The number of nitrogen functional groups attached to an aromatic ring is 1. The molecular formula is C46H50N4O6S. The molecule has 1 aliphatic heterocycles. The van der Waals surface area contributed by atoms with E-state index in [-0.39, 0.29) is 36.5 Å². The number of benzene rings is 5. The highest BCUT2D eigenvalue weighted by molar-refractivity contribution is 7.99. The molecule has 6 rings (SSSR count). The molecule has 1 aliphatic rings. The third-order valence-corrected chi connectivity index (χ3v) is 10.8. The molecule has 5 aromatic carbocycles. The number of thioether (sulfide) groups is 1. The second-order valence-corrected chi connectivity index (χ2v) is 15.3. The summed E-state index contributed by atoms with van der Waals surface area (Å²) >= 11 is 1.70. The standard InChI is InChI=1S/C46H50N4O6S/c1-31(52)49-38-22-24-40(25-23-38)57-30-39-27-43(35-16-14-32(29-51)15-17-35)56-46(55-39)36-20-18-34(19-21-36)37-9-7-8-33(26-37)28-48-44(53)12-3-2-4-13-45(54)50-42-11-6-5-10-41(42)47/h5-11,14-26,39,43,46,51H,2-4,12-13,27-30,47H2,1H3,(H,48,53)(H,49,52)(H,50,54)/t39-,43+,46+/m1/s1. The fourth-order valence-electron chi connectivity index (χ4n) is 6.60. The van der Waals surface area contributed by atoms with Crippen molar-refractivity contribution in [2.75, 3.05) is 22.1 Å². The van der Waals surface area contributed by atoms with Crippen molar-refractivity contribution in [1.29, 1.82) is 0 Å². The average molecular weight is 787 g/mol. The van der Waals surface area contributed by atoms with Crippen LogP contribution < -0.4 is 21.7 Å². The summed E-state index contributed by atoms with van der Waals surface area (Å²) in [6, 6.07) is 39.2. The van der Waals surface area contributed by atoms with Gasteiger partial charge in [-0.05, 0) is 83.1 Å². The molecule has 1 heterocycles. The third kappa shape index (κ3) is 12.5. The van der Waals surface area contributed by atoms with E-state index in [1.165, 1.54) is 6.92 Å². The van der Waals surface area contributed by atoms with Gasteiger partial charge in [0.1, 0.15) is 0 Å². The Morgan fingerprint density at radius 3 is 2.18 bits per heavy atom. The van der Waals surface area contributed by atoms with E-state index in [1.54, 1.807) is 23.9 Å². The summed E-state index contributed by atoms with van der Waals surface area (Å²) in [6.45, 7) is 1.90. The summed E-state index contributed by atoms with van der Waals surface area (Å²) in [6.07, 6.45) is 2.79. The van der Waals surface area contributed by atoms with Gasteiger partial charge in [-0.25, -0.2) is 0 Å². The number of para-hydroxylation sites is 2. The van der Waals surface area contributed by atoms with Gasteiger partial charge in [-0.1, -0.05) is 85.3 Å². The lowest BCUT2D eigenvalue weighted by atomic mass is 9.99. The molecule has 0 aromatic heterocycles. The molecule has 10 nitrogen and oxygen atoms in total. The van der Waals surface area contributed by atoms with Crippen LogP contribution in [0.25, 0.3) is 11.1 Å². The van der Waals surface area contributed by atoms with Crippen molar-refractivity contribution in [3.8, 4) is 11.1 Å². The average Bonchev–Trinajstić information content (AvgIpc) is 3.23. The zero-order chi connectivity index (χ0) is 40.0. The van der Waals surface area contributed by atoms with Gasteiger partial charge in [0.2, 0.25) is 17.7 Å². The Hall–Kier alpha value is -5.46. The topological polar surface area (TPSA) is 152 Å². The molecule has 1 saturated heterocycles. The highest BCUT2D eigenvalue weighted by Gasteiger charge is 2.32. The number of hydrogen-bond donors (Lipinski definition) is 5. The number of aliphatic hydroxyl groups is 1. The molecule has 0 spiro atoms. The van der Waals surface area contributed by atoms with Crippen LogP contribution in [0.3, 0.4) is 0 Å². The molecule has 0 radical (unpaired) electrons. The number of nitrogens with one attached hydrogen (secondary N) is 3. The highest BCUT2D eigenvalue weighted by atomic mass is 32.2. The number of nitrogens with two attached hydrogens (primary N) is 1. The van der Waals surface area contributed by atoms with Crippen molar-refractivity contribution in [3.63, 3.8) is 0 Å². The Labute approximate surface area is 338 Å². The zero-order valence-corrected chi connectivity index (χ0v) is 32.9. The Bertz CT molecular complexity index is 2090. The Morgan fingerprint density at radius 1 is 0.737 bits per heavy atom. The minimum atomic E-state index is -0.574. The van der Waals surface area contributed by atoms with Gasteiger partial charge in [-0.2, -0.15) is 0 Å². The Morgan fingerprint density at radius 2 is 1.46 bits per heavy atom. The second-order valence-electron chi connectivity index (χ2n) is 14.2. The smallest absolute Gasteiger partial charge is 0.224 e. The predicted octanol–water partition coefficient (Wildman–Crippen LogP) is 8.93. The highest BCUT2D eigenvalue weighted by Crippen LogP contribution is 2.40. The van der Waals surface area contributed by atoms with Crippen LogP contribution in [-0.4, -0.2) is 34.7 Å². The molecule has 0 unspecified atom stereocenters. The van der Waals surface area contributed by atoms with Crippen LogP contribution in [0.15, 0.2) is 126 Å². The van der Waals surface area contributed by atoms with Crippen molar-refractivity contribution in [2.24, 2.45) is 0 Å². The summed E-state index contributed by atoms with van der Waals surface area (Å²) in [5.41, 5.74) is 13.7. The number of rotatable bonds is 17. The number of ether oxygens (including phenoxy) is 2. The molecule has 11 heteroatoms. The van der Waals surface area contributed by atoms with Crippen molar-refractivity contribution in [1.82, 2.24) is 5.32 Å². The van der Waals surface area contributed by atoms with E-state index in [9.17, 15) is 19.5 Å². The Kier molecular flexibility index (Phi) is 14.9. The van der Waals surface area contributed by atoms with Crippen molar-refractivity contribution in [3.05, 3.63) is 144 Å². The first-order valence-corrected chi connectivity index (χ1v) is 20.3. The molecule has 0 aliphatic carbocycles. The minimum absolute atomic E-state index is 0.0155. The molecule has 296 valence electrons. The third-order valence-electron chi connectivity index (χ3n) is 9.70. The van der Waals surface area contributed by atoms with E-state index < -0.39 is 6.29 Å². The van der Waals surface area contributed by atoms with Crippen LogP contribution in [-0.2, 0) is 37.0 Å².